The van der Waals surface area contributed by atoms with Gasteiger partial charge in [0.25, 0.3) is 0 Å². The van der Waals surface area contributed by atoms with Crippen LogP contribution in [-0.2, 0) is 19.1 Å². The van der Waals surface area contributed by atoms with E-state index < -0.39 is 0 Å². The number of esters is 1. The van der Waals surface area contributed by atoms with Crippen LogP contribution < -0.4 is 5.32 Å². The Bertz CT molecular complexity index is 385. The molecule has 3 amide bonds. The van der Waals surface area contributed by atoms with E-state index >= 15 is 0 Å². The molecule has 0 radical (unpaired) electrons. The molecule has 2 fully saturated rings. The molecular weight excluding hydrogens is 266 g/mol. The Morgan fingerprint density at radius 1 is 1.45 bits per heavy atom. The number of nitrogens with one attached hydrogen (secondary N) is 1. The Hall–Kier alpha value is -1.67. The van der Waals surface area contributed by atoms with Crippen LogP contribution in [-0.4, -0.2) is 80.3 Å². The van der Waals surface area contributed by atoms with E-state index in [1.807, 2.05) is 0 Å². The fraction of sp³-hybridized carbons (Fsp3) is 0.750. The zero-order valence-electron chi connectivity index (χ0n) is 11.5. The van der Waals surface area contributed by atoms with E-state index in [0.717, 1.165) is 6.54 Å². The number of nitrogens with zero attached hydrogens (tertiary/aromatic N) is 2. The van der Waals surface area contributed by atoms with Crippen LogP contribution in [0.15, 0.2) is 0 Å². The average Bonchev–Trinajstić information content (AvgIpc) is 2.76. The van der Waals surface area contributed by atoms with Crippen molar-refractivity contribution in [3.8, 4) is 0 Å². The van der Waals surface area contributed by atoms with Gasteiger partial charge in [-0.3, -0.25) is 19.4 Å². The van der Waals surface area contributed by atoms with Crippen molar-refractivity contribution in [2.24, 2.45) is 0 Å². The molecule has 112 valence electrons. The second-order valence-electron chi connectivity index (χ2n) is 4.78. The summed E-state index contributed by atoms with van der Waals surface area (Å²) in [4.78, 5) is 37.3. The first kappa shape index (κ1) is 14.7. The number of methoxy groups -OCH3 is 1. The van der Waals surface area contributed by atoms with Crippen LogP contribution in [0.1, 0.15) is 6.42 Å². The largest absolute Gasteiger partial charge is 0.469 e. The maximum atomic E-state index is 11.4. The first-order valence-electron chi connectivity index (χ1n) is 6.59. The molecule has 0 aromatic heterocycles. The minimum absolute atomic E-state index is 0.0763. The summed E-state index contributed by atoms with van der Waals surface area (Å²) in [5, 5.41) is 2.48. The van der Waals surface area contributed by atoms with Crippen LogP contribution in [0.25, 0.3) is 0 Å². The molecule has 0 bridgehead atoms. The zero-order valence-corrected chi connectivity index (χ0v) is 11.5. The van der Waals surface area contributed by atoms with Gasteiger partial charge in [-0.15, -0.1) is 0 Å². The Morgan fingerprint density at radius 2 is 2.25 bits per heavy atom. The fourth-order valence-electron chi connectivity index (χ4n) is 2.30. The smallest absolute Gasteiger partial charge is 0.324 e. The van der Waals surface area contributed by atoms with Gasteiger partial charge in [-0.2, -0.15) is 0 Å². The standard InChI is InChI=1S/C12H19N3O5/c1-19-11(17)6-9-8-14(4-5-20-9)2-3-15-10(16)7-13-12(15)18/h9H,2-8H2,1H3,(H,13,18). The lowest BCUT2D eigenvalue weighted by Crippen LogP contribution is -2.47. The van der Waals surface area contributed by atoms with Gasteiger partial charge >= 0.3 is 12.0 Å². The molecule has 0 spiro atoms. The third kappa shape index (κ3) is 3.67. The molecule has 1 N–H and O–H groups in total. The number of amides is 3. The maximum Gasteiger partial charge on any atom is 0.324 e. The number of morpholine rings is 1. The van der Waals surface area contributed by atoms with E-state index in [4.69, 9.17) is 4.74 Å². The van der Waals surface area contributed by atoms with Crippen molar-refractivity contribution in [2.75, 3.05) is 46.4 Å². The summed E-state index contributed by atoms with van der Waals surface area (Å²) in [6, 6.07) is -0.339. The predicted octanol–water partition coefficient (Wildman–Crippen LogP) is -1.20. The Morgan fingerprint density at radius 3 is 2.90 bits per heavy atom. The molecule has 2 aliphatic rings. The van der Waals surface area contributed by atoms with Crippen LogP contribution in [0.2, 0.25) is 0 Å². The molecule has 0 saturated carbocycles. The molecule has 0 aliphatic carbocycles. The van der Waals surface area contributed by atoms with Crippen molar-refractivity contribution in [1.29, 1.82) is 0 Å². The van der Waals surface area contributed by atoms with Gasteiger partial charge in [0, 0.05) is 26.2 Å². The zero-order chi connectivity index (χ0) is 14.5. The molecule has 2 heterocycles. The van der Waals surface area contributed by atoms with Crippen LogP contribution in [0.3, 0.4) is 0 Å². The number of imide groups is 1. The van der Waals surface area contributed by atoms with E-state index in [0.29, 0.717) is 26.2 Å². The van der Waals surface area contributed by atoms with Gasteiger partial charge in [0.1, 0.15) is 0 Å². The molecule has 8 nitrogen and oxygen atoms in total. The number of ether oxygens (including phenoxy) is 2. The first-order valence-corrected chi connectivity index (χ1v) is 6.59. The quantitative estimate of drug-likeness (QED) is 0.504. The molecule has 1 atom stereocenters. The highest BCUT2D eigenvalue weighted by Crippen LogP contribution is 2.10. The predicted molar refractivity (Wildman–Crippen MR) is 67.9 cm³/mol. The highest BCUT2D eigenvalue weighted by Gasteiger charge is 2.29. The highest BCUT2D eigenvalue weighted by molar-refractivity contribution is 6.01. The molecule has 2 aliphatic heterocycles. The SMILES string of the molecule is COC(=O)CC1CN(CCN2C(=O)CNC2=O)CCO1. The van der Waals surface area contributed by atoms with Gasteiger partial charge in [0.05, 0.1) is 32.8 Å². The van der Waals surface area contributed by atoms with Gasteiger partial charge < -0.3 is 14.8 Å². The third-order valence-electron chi connectivity index (χ3n) is 3.42. The molecule has 2 saturated heterocycles. The normalized spacial score (nSPS) is 23.9. The molecule has 8 heteroatoms. The van der Waals surface area contributed by atoms with Crippen molar-refractivity contribution in [1.82, 2.24) is 15.1 Å². The lowest BCUT2D eigenvalue weighted by molar-refractivity contribution is -0.145. The third-order valence-corrected chi connectivity index (χ3v) is 3.42. The summed E-state index contributed by atoms with van der Waals surface area (Å²) >= 11 is 0. The monoisotopic (exact) mass is 285 g/mol. The number of carbonyl (C=O) groups excluding carboxylic acids is 3. The minimum atomic E-state index is -0.339. The van der Waals surface area contributed by atoms with Crippen molar-refractivity contribution in [3.05, 3.63) is 0 Å². The van der Waals surface area contributed by atoms with Gasteiger partial charge in [0.2, 0.25) is 5.91 Å². The van der Waals surface area contributed by atoms with Crippen molar-refractivity contribution >= 4 is 17.9 Å². The van der Waals surface area contributed by atoms with Crippen molar-refractivity contribution in [2.45, 2.75) is 12.5 Å². The Labute approximate surface area is 117 Å². The van der Waals surface area contributed by atoms with E-state index in [1.165, 1.54) is 12.0 Å². The molecular formula is C12H19N3O5. The van der Waals surface area contributed by atoms with Crippen molar-refractivity contribution < 1.29 is 23.9 Å². The van der Waals surface area contributed by atoms with Crippen LogP contribution >= 0.6 is 0 Å². The summed E-state index contributed by atoms with van der Waals surface area (Å²) in [6.07, 6.45) is 0.0233. The number of hydrogen-bond donors (Lipinski definition) is 1. The summed E-state index contributed by atoms with van der Waals surface area (Å²) in [5.74, 6) is -0.500. The Balaban J connectivity index is 1.76. The molecule has 2 rings (SSSR count). The summed E-state index contributed by atoms with van der Waals surface area (Å²) < 4.78 is 10.1. The lowest BCUT2D eigenvalue weighted by atomic mass is 10.2. The topological polar surface area (TPSA) is 88.2 Å². The molecule has 0 aromatic carbocycles. The van der Waals surface area contributed by atoms with Crippen LogP contribution in [0.4, 0.5) is 4.79 Å². The first-order chi connectivity index (χ1) is 9.60. The maximum absolute atomic E-state index is 11.4. The highest BCUT2D eigenvalue weighted by atomic mass is 16.5. The van der Waals surface area contributed by atoms with E-state index in [2.05, 4.69) is 15.0 Å². The lowest BCUT2D eigenvalue weighted by Gasteiger charge is -2.33. The summed E-state index contributed by atoms with van der Waals surface area (Å²) in [6.45, 7) is 2.87. The average molecular weight is 285 g/mol. The van der Waals surface area contributed by atoms with Gasteiger partial charge in [-0.1, -0.05) is 0 Å². The Kier molecular flexibility index (Phi) is 4.91. The number of rotatable bonds is 5. The molecule has 1 unspecified atom stereocenters. The van der Waals surface area contributed by atoms with Crippen LogP contribution in [0.5, 0.6) is 0 Å². The number of carbonyl (C=O) groups is 3. The van der Waals surface area contributed by atoms with Gasteiger partial charge in [-0.05, 0) is 0 Å². The second kappa shape index (κ2) is 6.67. The second-order valence-corrected chi connectivity index (χ2v) is 4.78. The number of hydrogen-bond acceptors (Lipinski definition) is 6. The van der Waals surface area contributed by atoms with E-state index in [-0.39, 0.29) is 37.0 Å². The van der Waals surface area contributed by atoms with E-state index in [1.54, 1.807) is 0 Å². The van der Waals surface area contributed by atoms with Gasteiger partial charge in [-0.25, -0.2) is 4.79 Å². The molecule has 20 heavy (non-hydrogen) atoms. The number of urea groups is 1. The summed E-state index contributed by atoms with van der Waals surface area (Å²) in [5.41, 5.74) is 0. The van der Waals surface area contributed by atoms with Crippen molar-refractivity contribution in [3.63, 3.8) is 0 Å². The van der Waals surface area contributed by atoms with Crippen LogP contribution in [0, 0.1) is 0 Å². The van der Waals surface area contributed by atoms with E-state index in [9.17, 15) is 14.4 Å². The fourth-order valence-corrected chi connectivity index (χ4v) is 2.30. The minimum Gasteiger partial charge on any atom is -0.469 e. The molecule has 0 aromatic rings. The van der Waals surface area contributed by atoms with Gasteiger partial charge in [0.15, 0.2) is 0 Å². The summed E-state index contributed by atoms with van der Waals surface area (Å²) in [7, 11) is 1.35.